The highest BCUT2D eigenvalue weighted by Crippen LogP contribution is 2.12. The van der Waals surface area contributed by atoms with Gasteiger partial charge in [-0.1, -0.05) is 24.0 Å². The predicted octanol–water partition coefficient (Wildman–Crippen LogP) is 0.267. The van der Waals surface area contributed by atoms with E-state index in [9.17, 15) is 9.59 Å². The number of imide groups is 1. The first-order valence-corrected chi connectivity index (χ1v) is 6.86. The van der Waals surface area contributed by atoms with Gasteiger partial charge in [-0.25, -0.2) is 0 Å². The fourth-order valence-corrected chi connectivity index (χ4v) is 2.16. The van der Waals surface area contributed by atoms with Crippen LogP contribution in [0.15, 0.2) is 24.3 Å². The highest BCUT2D eigenvalue weighted by molar-refractivity contribution is 6.00. The summed E-state index contributed by atoms with van der Waals surface area (Å²) in [4.78, 5) is 24.9. The SMILES string of the molecule is CC1C(=O)NC(=O)CN1Cc1cccc(C#CCCO)c1. The van der Waals surface area contributed by atoms with Crippen molar-refractivity contribution in [2.45, 2.75) is 25.9 Å². The first kappa shape index (κ1) is 15.2. The smallest absolute Gasteiger partial charge is 0.243 e. The van der Waals surface area contributed by atoms with Gasteiger partial charge in [0, 0.05) is 18.5 Å². The van der Waals surface area contributed by atoms with Crippen LogP contribution in [0.5, 0.6) is 0 Å². The second kappa shape index (κ2) is 7.02. The quantitative estimate of drug-likeness (QED) is 0.618. The van der Waals surface area contributed by atoms with E-state index in [2.05, 4.69) is 17.2 Å². The number of carbonyl (C=O) groups is 2. The highest BCUT2D eigenvalue weighted by atomic mass is 16.2. The minimum atomic E-state index is -0.327. The van der Waals surface area contributed by atoms with Gasteiger partial charge in [0.2, 0.25) is 11.8 Å². The number of carbonyl (C=O) groups excluding carboxylic acids is 2. The van der Waals surface area contributed by atoms with E-state index < -0.39 is 0 Å². The fourth-order valence-electron chi connectivity index (χ4n) is 2.16. The van der Waals surface area contributed by atoms with Gasteiger partial charge < -0.3 is 5.11 Å². The monoisotopic (exact) mass is 286 g/mol. The van der Waals surface area contributed by atoms with Gasteiger partial charge in [0.1, 0.15) is 0 Å². The largest absolute Gasteiger partial charge is 0.395 e. The maximum absolute atomic E-state index is 11.6. The minimum absolute atomic E-state index is 0.0508. The Labute approximate surface area is 124 Å². The van der Waals surface area contributed by atoms with E-state index >= 15 is 0 Å². The molecule has 1 atom stereocenters. The molecule has 1 aliphatic rings. The second-order valence-electron chi connectivity index (χ2n) is 4.97. The zero-order valence-corrected chi connectivity index (χ0v) is 11.9. The molecule has 0 aliphatic carbocycles. The molecule has 21 heavy (non-hydrogen) atoms. The molecule has 110 valence electrons. The van der Waals surface area contributed by atoms with Crippen LogP contribution < -0.4 is 5.32 Å². The molecule has 2 rings (SSSR count). The van der Waals surface area contributed by atoms with Gasteiger partial charge in [-0.05, 0) is 24.6 Å². The summed E-state index contributed by atoms with van der Waals surface area (Å²) in [5.41, 5.74) is 1.86. The molecule has 5 heteroatoms. The summed E-state index contributed by atoms with van der Waals surface area (Å²) >= 11 is 0. The zero-order chi connectivity index (χ0) is 15.2. The molecule has 1 heterocycles. The number of nitrogens with one attached hydrogen (secondary N) is 1. The summed E-state index contributed by atoms with van der Waals surface area (Å²) in [6, 6.07) is 7.35. The Bertz CT molecular complexity index is 601. The van der Waals surface area contributed by atoms with Gasteiger partial charge in [-0.2, -0.15) is 0 Å². The molecular weight excluding hydrogens is 268 g/mol. The van der Waals surface area contributed by atoms with E-state index in [4.69, 9.17) is 5.11 Å². The number of hydrogen-bond acceptors (Lipinski definition) is 4. The molecule has 5 nitrogen and oxygen atoms in total. The number of nitrogens with zero attached hydrogens (tertiary/aromatic N) is 1. The molecular formula is C16H18N2O3. The Kier molecular flexibility index (Phi) is 5.09. The standard InChI is InChI=1S/C16H18N2O3/c1-12-16(21)17-15(20)11-18(12)10-14-7-4-6-13(9-14)5-2-3-8-19/h4,6-7,9,12,19H,3,8,10-11H2,1H3,(H,17,20,21). The summed E-state index contributed by atoms with van der Waals surface area (Å²) in [6.07, 6.45) is 0.446. The molecule has 0 aromatic heterocycles. The first-order chi connectivity index (χ1) is 10.1. The van der Waals surface area contributed by atoms with Gasteiger partial charge in [-0.15, -0.1) is 0 Å². The van der Waals surface area contributed by atoms with E-state index in [0.29, 0.717) is 13.0 Å². The lowest BCUT2D eigenvalue weighted by atomic mass is 10.1. The number of aliphatic hydroxyl groups is 1. The molecule has 2 N–H and O–H groups in total. The fraction of sp³-hybridized carbons (Fsp3) is 0.375. The van der Waals surface area contributed by atoms with Crippen molar-refractivity contribution in [3.63, 3.8) is 0 Å². The molecule has 1 aliphatic heterocycles. The van der Waals surface area contributed by atoms with Crippen LogP contribution in [0.3, 0.4) is 0 Å². The van der Waals surface area contributed by atoms with Gasteiger partial charge >= 0.3 is 0 Å². The lowest BCUT2D eigenvalue weighted by molar-refractivity contribution is -0.139. The first-order valence-electron chi connectivity index (χ1n) is 6.86. The predicted molar refractivity (Wildman–Crippen MR) is 78.0 cm³/mol. The maximum atomic E-state index is 11.6. The molecule has 0 spiro atoms. The van der Waals surface area contributed by atoms with E-state index in [1.54, 1.807) is 6.92 Å². The summed E-state index contributed by atoms with van der Waals surface area (Å²) in [6.45, 7) is 2.57. The van der Waals surface area contributed by atoms with Crippen LogP contribution in [0.25, 0.3) is 0 Å². The molecule has 0 bridgehead atoms. The normalized spacial score (nSPS) is 18.9. The van der Waals surface area contributed by atoms with Crippen LogP contribution in [0.2, 0.25) is 0 Å². The number of aliphatic hydroxyl groups excluding tert-OH is 1. The molecule has 1 aromatic rings. The third-order valence-corrected chi connectivity index (χ3v) is 3.32. The Morgan fingerprint density at radius 3 is 3.00 bits per heavy atom. The third kappa shape index (κ3) is 4.15. The van der Waals surface area contributed by atoms with Crippen molar-refractivity contribution >= 4 is 11.8 Å². The zero-order valence-electron chi connectivity index (χ0n) is 11.9. The van der Waals surface area contributed by atoms with Crippen LogP contribution >= 0.6 is 0 Å². The number of rotatable bonds is 3. The molecule has 0 saturated carbocycles. The number of piperazine rings is 1. The topological polar surface area (TPSA) is 69.6 Å². The molecule has 1 aromatic carbocycles. The van der Waals surface area contributed by atoms with Gasteiger partial charge in [0.25, 0.3) is 0 Å². The van der Waals surface area contributed by atoms with Crippen molar-refractivity contribution in [3.05, 3.63) is 35.4 Å². The summed E-state index contributed by atoms with van der Waals surface area (Å²) in [7, 11) is 0. The lowest BCUT2D eigenvalue weighted by Crippen LogP contribution is -2.56. The molecule has 0 radical (unpaired) electrons. The van der Waals surface area contributed by atoms with Crippen molar-refractivity contribution in [1.29, 1.82) is 0 Å². The van der Waals surface area contributed by atoms with E-state index in [1.165, 1.54) is 0 Å². The lowest BCUT2D eigenvalue weighted by Gasteiger charge is -2.31. The van der Waals surface area contributed by atoms with Crippen molar-refractivity contribution in [3.8, 4) is 11.8 Å². The molecule has 1 unspecified atom stereocenters. The van der Waals surface area contributed by atoms with Crippen LogP contribution in [0.4, 0.5) is 0 Å². The van der Waals surface area contributed by atoms with Crippen LogP contribution in [-0.4, -0.2) is 41.0 Å². The summed E-state index contributed by atoms with van der Waals surface area (Å²) in [5.74, 6) is 5.32. The highest BCUT2D eigenvalue weighted by Gasteiger charge is 2.29. The molecule has 1 saturated heterocycles. The van der Waals surface area contributed by atoms with Crippen LogP contribution in [-0.2, 0) is 16.1 Å². The van der Waals surface area contributed by atoms with Crippen LogP contribution in [0.1, 0.15) is 24.5 Å². The van der Waals surface area contributed by atoms with Gasteiger partial charge in [0.05, 0.1) is 19.2 Å². The van der Waals surface area contributed by atoms with Crippen LogP contribution in [0, 0.1) is 11.8 Å². The summed E-state index contributed by atoms with van der Waals surface area (Å²) in [5, 5.41) is 11.0. The van der Waals surface area contributed by atoms with Gasteiger partial charge in [0.15, 0.2) is 0 Å². The Morgan fingerprint density at radius 2 is 2.24 bits per heavy atom. The van der Waals surface area contributed by atoms with Crippen molar-refractivity contribution in [1.82, 2.24) is 10.2 Å². The third-order valence-electron chi connectivity index (χ3n) is 3.32. The molecule has 1 fully saturated rings. The maximum Gasteiger partial charge on any atom is 0.243 e. The van der Waals surface area contributed by atoms with E-state index in [0.717, 1.165) is 11.1 Å². The van der Waals surface area contributed by atoms with Gasteiger partial charge in [-0.3, -0.25) is 19.8 Å². The molecule has 2 amide bonds. The average Bonchev–Trinajstić information content (AvgIpc) is 2.45. The Morgan fingerprint density at radius 1 is 1.43 bits per heavy atom. The van der Waals surface area contributed by atoms with E-state index in [-0.39, 0.29) is 31.0 Å². The van der Waals surface area contributed by atoms with Crippen molar-refractivity contribution < 1.29 is 14.7 Å². The Balaban J connectivity index is 2.09. The van der Waals surface area contributed by atoms with Crippen molar-refractivity contribution in [2.75, 3.05) is 13.2 Å². The number of benzene rings is 1. The van der Waals surface area contributed by atoms with E-state index in [1.807, 2.05) is 29.2 Å². The number of amides is 2. The van der Waals surface area contributed by atoms with Crippen molar-refractivity contribution in [2.24, 2.45) is 0 Å². The average molecular weight is 286 g/mol. The number of hydrogen-bond donors (Lipinski definition) is 2. The minimum Gasteiger partial charge on any atom is -0.395 e. The summed E-state index contributed by atoms with van der Waals surface area (Å²) < 4.78 is 0. The second-order valence-corrected chi connectivity index (χ2v) is 4.97. The Hall–Kier alpha value is -2.16.